The van der Waals surface area contributed by atoms with Crippen LogP contribution in [-0.2, 0) is 13.1 Å². The van der Waals surface area contributed by atoms with Crippen molar-refractivity contribution in [2.45, 2.75) is 59.7 Å². The van der Waals surface area contributed by atoms with Crippen molar-refractivity contribution >= 4 is 10.9 Å². The number of benzene rings is 1. The third-order valence-corrected chi connectivity index (χ3v) is 3.75. The van der Waals surface area contributed by atoms with Crippen LogP contribution in [0.1, 0.15) is 46.1 Å². The highest BCUT2D eigenvalue weighted by molar-refractivity contribution is 5.83. The van der Waals surface area contributed by atoms with E-state index >= 15 is 0 Å². The Morgan fingerprint density at radius 1 is 1.10 bits per heavy atom. The SMILES string of the molecule is CC(C)CCCn1ccc2cccc(CNC(C)C)c21. The number of hydrogen-bond acceptors (Lipinski definition) is 1. The summed E-state index contributed by atoms with van der Waals surface area (Å²) in [4.78, 5) is 0. The third-order valence-electron chi connectivity index (χ3n) is 3.75. The van der Waals surface area contributed by atoms with Gasteiger partial charge in [0.25, 0.3) is 0 Å². The number of aryl methyl sites for hydroxylation is 1. The Morgan fingerprint density at radius 2 is 1.90 bits per heavy atom. The van der Waals surface area contributed by atoms with E-state index in [9.17, 15) is 0 Å². The monoisotopic (exact) mass is 272 g/mol. The Kier molecular flexibility index (Phi) is 5.24. The van der Waals surface area contributed by atoms with E-state index in [-0.39, 0.29) is 0 Å². The molecule has 0 spiro atoms. The standard InChI is InChI=1S/C18H28N2/c1-14(2)7-6-11-20-12-10-16-8-5-9-17(18(16)20)13-19-15(3)4/h5,8-10,12,14-15,19H,6-7,11,13H2,1-4H3. The molecule has 1 N–H and O–H groups in total. The summed E-state index contributed by atoms with van der Waals surface area (Å²) in [5.41, 5.74) is 2.81. The lowest BCUT2D eigenvalue weighted by molar-refractivity contribution is 0.517. The van der Waals surface area contributed by atoms with Crippen LogP contribution in [0, 0.1) is 5.92 Å². The van der Waals surface area contributed by atoms with Gasteiger partial charge in [-0.1, -0.05) is 45.9 Å². The quantitative estimate of drug-likeness (QED) is 0.781. The highest BCUT2D eigenvalue weighted by Crippen LogP contribution is 2.21. The summed E-state index contributed by atoms with van der Waals surface area (Å²) in [5, 5.41) is 4.89. The first-order chi connectivity index (χ1) is 9.58. The van der Waals surface area contributed by atoms with Crippen molar-refractivity contribution in [3.05, 3.63) is 36.0 Å². The molecule has 2 aromatic rings. The maximum absolute atomic E-state index is 3.53. The number of para-hydroxylation sites is 1. The molecule has 0 saturated carbocycles. The van der Waals surface area contributed by atoms with Gasteiger partial charge in [0.1, 0.15) is 0 Å². The number of rotatable bonds is 7. The van der Waals surface area contributed by atoms with Crippen LogP contribution in [0.15, 0.2) is 30.5 Å². The molecule has 2 rings (SSSR count). The summed E-state index contributed by atoms with van der Waals surface area (Å²) in [6.45, 7) is 11.1. The molecule has 0 radical (unpaired) electrons. The Labute approximate surface area is 123 Å². The summed E-state index contributed by atoms with van der Waals surface area (Å²) in [6, 6.07) is 9.39. The van der Waals surface area contributed by atoms with E-state index in [1.54, 1.807) is 0 Å². The Balaban J connectivity index is 2.17. The van der Waals surface area contributed by atoms with Gasteiger partial charge >= 0.3 is 0 Å². The fraction of sp³-hybridized carbons (Fsp3) is 0.556. The zero-order valence-electron chi connectivity index (χ0n) is 13.3. The van der Waals surface area contributed by atoms with E-state index in [1.165, 1.54) is 29.3 Å². The number of hydrogen-bond donors (Lipinski definition) is 1. The van der Waals surface area contributed by atoms with E-state index in [2.05, 4.69) is 68.0 Å². The smallest absolute Gasteiger partial charge is 0.0525 e. The van der Waals surface area contributed by atoms with Gasteiger partial charge in [0.15, 0.2) is 0 Å². The van der Waals surface area contributed by atoms with E-state index in [4.69, 9.17) is 0 Å². The van der Waals surface area contributed by atoms with Gasteiger partial charge in [0.05, 0.1) is 5.52 Å². The third kappa shape index (κ3) is 3.86. The van der Waals surface area contributed by atoms with Gasteiger partial charge in [-0.15, -0.1) is 0 Å². The van der Waals surface area contributed by atoms with E-state index in [1.807, 2.05) is 0 Å². The van der Waals surface area contributed by atoms with E-state index in [0.717, 1.165) is 19.0 Å². The van der Waals surface area contributed by atoms with Crippen LogP contribution in [0.2, 0.25) is 0 Å². The maximum Gasteiger partial charge on any atom is 0.0525 e. The van der Waals surface area contributed by atoms with Crippen LogP contribution in [0.5, 0.6) is 0 Å². The van der Waals surface area contributed by atoms with E-state index in [0.29, 0.717) is 6.04 Å². The molecule has 1 aromatic carbocycles. The Bertz CT molecular complexity index is 537. The van der Waals surface area contributed by atoms with Crippen molar-refractivity contribution in [1.29, 1.82) is 0 Å². The van der Waals surface area contributed by atoms with Crippen molar-refractivity contribution in [3.63, 3.8) is 0 Å². The van der Waals surface area contributed by atoms with E-state index < -0.39 is 0 Å². The van der Waals surface area contributed by atoms with Crippen LogP contribution in [0.4, 0.5) is 0 Å². The zero-order valence-corrected chi connectivity index (χ0v) is 13.3. The van der Waals surface area contributed by atoms with Crippen LogP contribution in [-0.4, -0.2) is 10.6 Å². The molecule has 0 aliphatic carbocycles. The molecule has 20 heavy (non-hydrogen) atoms. The summed E-state index contributed by atoms with van der Waals surface area (Å²) in [6.07, 6.45) is 4.79. The molecule has 2 nitrogen and oxygen atoms in total. The second kappa shape index (κ2) is 6.94. The molecule has 0 aliphatic heterocycles. The van der Waals surface area contributed by atoms with Crippen LogP contribution >= 0.6 is 0 Å². The normalized spacial score (nSPS) is 11.9. The van der Waals surface area contributed by atoms with Crippen molar-refractivity contribution < 1.29 is 0 Å². The molecule has 0 saturated heterocycles. The molecule has 2 heteroatoms. The molecule has 1 aromatic heterocycles. The highest BCUT2D eigenvalue weighted by atomic mass is 15.0. The molecule has 0 unspecified atom stereocenters. The zero-order chi connectivity index (χ0) is 14.5. The van der Waals surface area contributed by atoms with Gasteiger partial charge < -0.3 is 9.88 Å². The molecule has 1 heterocycles. The predicted molar refractivity (Wildman–Crippen MR) is 88.0 cm³/mol. The van der Waals surface area contributed by atoms with Crippen LogP contribution in [0.25, 0.3) is 10.9 Å². The molecule has 110 valence electrons. The summed E-state index contributed by atoms with van der Waals surface area (Å²) < 4.78 is 2.43. The summed E-state index contributed by atoms with van der Waals surface area (Å²) in [5.74, 6) is 0.791. The lowest BCUT2D eigenvalue weighted by Gasteiger charge is -2.13. The number of nitrogens with zero attached hydrogens (tertiary/aromatic N) is 1. The average Bonchev–Trinajstić information content (AvgIpc) is 2.80. The van der Waals surface area contributed by atoms with Crippen molar-refractivity contribution in [3.8, 4) is 0 Å². The van der Waals surface area contributed by atoms with Crippen LogP contribution < -0.4 is 5.32 Å². The maximum atomic E-state index is 3.53. The number of aromatic nitrogens is 1. The van der Waals surface area contributed by atoms with Crippen molar-refractivity contribution in [2.75, 3.05) is 0 Å². The van der Waals surface area contributed by atoms with Gasteiger partial charge in [-0.3, -0.25) is 0 Å². The van der Waals surface area contributed by atoms with Crippen molar-refractivity contribution in [2.24, 2.45) is 5.92 Å². The van der Waals surface area contributed by atoms with Gasteiger partial charge in [-0.05, 0) is 35.8 Å². The lowest BCUT2D eigenvalue weighted by Crippen LogP contribution is -2.22. The van der Waals surface area contributed by atoms with Gasteiger partial charge in [0, 0.05) is 25.3 Å². The molecule has 0 amide bonds. The molecule has 0 atom stereocenters. The summed E-state index contributed by atoms with van der Waals surface area (Å²) in [7, 11) is 0. The highest BCUT2D eigenvalue weighted by Gasteiger charge is 2.07. The second-order valence-electron chi connectivity index (χ2n) is 6.44. The van der Waals surface area contributed by atoms with Crippen molar-refractivity contribution in [1.82, 2.24) is 9.88 Å². The lowest BCUT2D eigenvalue weighted by atomic mass is 10.1. The summed E-state index contributed by atoms with van der Waals surface area (Å²) >= 11 is 0. The minimum atomic E-state index is 0.523. The second-order valence-corrected chi connectivity index (χ2v) is 6.44. The fourth-order valence-electron chi connectivity index (χ4n) is 2.65. The molecule has 0 bridgehead atoms. The first-order valence-electron chi connectivity index (χ1n) is 7.88. The minimum absolute atomic E-state index is 0.523. The molecular formula is C18H28N2. The first-order valence-corrected chi connectivity index (χ1v) is 7.88. The average molecular weight is 272 g/mol. The van der Waals surface area contributed by atoms with Gasteiger partial charge in [0.2, 0.25) is 0 Å². The first kappa shape index (κ1) is 15.1. The topological polar surface area (TPSA) is 17.0 Å². The molecule has 0 fully saturated rings. The van der Waals surface area contributed by atoms with Gasteiger partial charge in [-0.25, -0.2) is 0 Å². The Morgan fingerprint density at radius 3 is 2.60 bits per heavy atom. The number of fused-ring (bicyclic) bond motifs is 1. The molecule has 0 aliphatic rings. The van der Waals surface area contributed by atoms with Crippen LogP contribution in [0.3, 0.4) is 0 Å². The molecular weight excluding hydrogens is 244 g/mol. The largest absolute Gasteiger partial charge is 0.347 e. The van der Waals surface area contributed by atoms with Gasteiger partial charge in [-0.2, -0.15) is 0 Å². The fourth-order valence-corrected chi connectivity index (χ4v) is 2.65. The predicted octanol–water partition coefficient (Wildman–Crippen LogP) is 4.58. The Hall–Kier alpha value is -1.28. The minimum Gasteiger partial charge on any atom is -0.347 e. The number of nitrogens with one attached hydrogen (secondary N) is 1.